The Morgan fingerprint density at radius 3 is 2.58 bits per heavy atom. The molecule has 0 radical (unpaired) electrons. The van der Waals surface area contributed by atoms with Gasteiger partial charge in [0.2, 0.25) is 0 Å². The first-order valence-corrected chi connectivity index (χ1v) is 7.39. The van der Waals surface area contributed by atoms with Gasteiger partial charge in [-0.25, -0.2) is 4.79 Å². The van der Waals surface area contributed by atoms with E-state index in [1.807, 2.05) is 25.7 Å². The molecule has 19 heavy (non-hydrogen) atoms. The van der Waals surface area contributed by atoms with E-state index in [2.05, 4.69) is 19.2 Å². The van der Waals surface area contributed by atoms with Gasteiger partial charge >= 0.3 is 6.09 Å². The number of hydrogen-bond donors (Lipinski definition) is 1. The molecule has 2 aliphatic rings. The van der Waals surface area contributed by atoms with Crippen LogP contribution in [0.5, 0.6) is 0 Å². The molecule has 2 fully saturated rings. The van der Waals surface area contributed by atoms with E-state index in [1.165, 1.54) is 6.42 Å². The molecule has 2 unspecified atom stereocenters. The van der Waals surface area contributed by atoms with Gasteiger partial charge in [-0.1, -0.05) is 13.8 Å². The summed E-state index contributed by atoms with van der Waals surface area (Å²) in [6, 6.07) is 0.434. The summed E-state index contributed by atoms with van der Waals surface area (Å²) in [5, 5.41) is 3.60. The Morgan fingerprint density at radius 2 is 2.05 bits per heavy atom. The molecule has 0 aromatic carbocycles. The molecule has 1 amide bonds. The molecule has 110 valence electrons. The fraction of sp³-hybridized carbons (Fsp3) is 0.933. The quantitative estimate of drug-likeness (QED) is 0.855. The van der Waals surface area contributed by atoms with Gasteiger partial charge in [0.05, 0.1) is 0 Å². The highest BCUT2D eigenvalue weighted by molar-refractivity contribution is 5.68. The van der Waals surface area contributed by atoms with Crippen molar-refractivity contribution in [1.82, 2.24) is 10.2 Å². The fourth-order valence-electron chi connectivity index (χ4n) is 2.65. The Balaban J connectivity index is 1.70. The molecule has 0 aromatic heterocycles. The molecule has 4 nitrogen and oxygen atoms in total. The van der Waals surface area contributed by atoms with Crippen LogP contribution in [0.15, 0.2) is 0 Å². The monoisotopic (exact) mass is 268 g/mol. The third-order valence-corrected chi connectivity index (χ3v) is 4.21. The predicted molar refractivity (Wildman–Crippen MR) is 76.1 cm³/mol. The van der Waals surface area contributed by atoms with Gasteiger partial charge < -0.3 is 15.0 Å². The molecule has 1 heterocycles. The first-order valence-electron chi connectivity index (χ1n) is 7.39. The lowest BCUT2D eigenvalue weighted by Crippen LogP contribution is -2.39. The molecule has 1 saturated heterocycles. The van der Waals surface area contributed by atoms with Crippen LogP contribution in [0.3, 0.4) is 0 Å². The van der Waals surface area contributed by atoms with Gasteiger partial charge in [-0.2, -0.15) is 0 Å². The van der Waals surface area contributed by atoms with Gasteiger partial charge in [0, 0.05) is 19.1 Å². The maximum atomic E-state index is 11.9. The van der Waals surface area contributed by atoms with Crippen LogP contribution in [0.25, 0.3) is 0 Å². The summed E-state index contributed by atoms with van der Waals surface area (Å²) in [5.41, 5.74) is 0.122. The Bertz CT molecular complexity index is 347. The van der Waals surface area contributed by atoms with Crippen molar-refractivity contribution in [2.45, 2.75) is 59.1 Å². The van der Waals surface area contributed by atoms with E-state index < -0.39 is 5.60 Å². The molecule has 1 aliphatic carbocycles. The molecule has 4 heteroatoms. The number of hydrogen-bond acceptors (Lipinski definition) is 3. The second-order valence-corrected chi connectivity index (χ2v) is 7.71. The van der Waals surface area contributed by atoms with Crippen LogP contribution in [0.1, 0.15) is 47.5 Å². The number of carbonyl (C=O) groups is 1. The van der Waals surface area contributed by atoms with E-state index in [4.69, 9.17) is 4.74 Å². The molecule has 1 saturated carbocycles. The molecule has 2 rings (SSSR count). The number of nitrogens with zero attached hydrogens (tertiary/aromatic N) is 1. The van der Waals surface area contributed by atoms with Crippen molar-refractivity contribution in [1.29, 1.82) is 0 Å². The summed E-state index contributed by atoms with van der Waals surface area (Å²) >= 11 is 0. The second-order valence-electron chi connectivity index (χ2n) is 7.71. The lowest BCUT2D eigenvalue weighted by molar-refractivity contribution is 0.0291. The van der Waals surface area contributed by atoms with Gasteiger partial charge in [-0.3, -0.25) is 0 Å². The summed E-state index contributed by atoms with van der Waals surface area (Å²) in [6.07, 6.45) is 2.18. The molecular formula is C15H28N2O2. The number of likely N-dealkylation sites (tertiary alicyclic amines) is 1. The fourth-order valence-corrected chi connectivity index (χ4v) is 2.65. The third-order valence-electron chi connectivity index (χ3n) is 4.21. The van der Waals surface area contributed by atoms with Crippen LogP contribution < -0.4 is 5.32 Å². The molecule has 0 spiro atoms. The summed E-state index contributed by atoms with van der Waals surface area (Å²) < 4.78 is 5.40. The van der Waals surface area contributed by atoms with Gasteiger partial charge in [-0.05, 0) is 51.5 Å². The standard InChI is InChI=1S/C15H28N2O2/c1-14(2,3)19-13(18)17-7-6-12(10-17)16-9-11-8-15(11,4)5/h11-12,16H,6-10H2,1-5H3. The lowest BCUT2D eigenvalue weighted by atomic mass is 10.1. The first kappa shape index (κ1) is 14.6. The van der Waals surface area contributed by atoms with E-state index in [0.29, 0.717) is 11.5 Å². The average molecular weight is 268 g/mol. The number of rotatable bonds is 3. The molecule has 2 atom stereocenters. The zero-order valence-corrected chi connectivity index (χ0v) is 13.0. The molecule has 0 aromatic rings. The van der Waals surface area contributed by atoms with Crippen molar-refractivity contribution < 1.29 is 9.53 Å². The van der Waals surface area contributed by atoms with Crippen molar-refractivity contribution in [3.8, 4) is 0 Å². The van der Waals surface area contributed by atoms with E-state index in [1.54, 1.807) is 0 Å². The topological polar surface area (TPSA) is 41.6 Å². The minimum atomic E-state index is -0.402. The number of ether oxygens (including phenoxy) is 1. The highest BCUT2D eigenvalue weighted by Crippen LogP contribution is 2.51. The Morgan fingerprint density at radius 1 is 1.42 bits per heavy atom. The van der Waals surface area contributed by atoms with Crippen molar-refractivity contribution >= 4 is 6.09 Å². The van der Waals surface area contributed by atoms with Gasteiger partial charge in [-0.15, -0.1) is 0 Å². The zero-order chi connectivity index (χ0) is 14.3. The Labute approximate surface area is 116 Å². The number of nitrogens with one attached hydrogen (secondary N) is 1. The summed E-state index contributed by atoms with van der Waals surface area (Å²) in [6.45, 7) is 13.0. The van der Waals surface area contributed by atoms with E-state index >= 15 is 0 Å². The highest BCUT2D eigenvalue weighted by Gasteiger charge is 2.45. The third kappa shape index (κ3) is 4.10. The summed E-state index contributed by atoms with van der Waals surface area (Å²) in [7, 11) is 0. The molecular weight excluding hydrogens is 240 g/mol. The van der Waals surface area contributed by atoms with Crippen LogP contribution in [0.2, 0.25) is 0 Å². The number of amides is 1. The molecule has 1 N–H and O–H groups in total. The largest absolute Gasteiger partial charge is 0.444 e. The Kier molecular flexibility index (Phi) is 3.83. The van der Waals surface area contributed by atoms with E-state index in [0.717, 1.165) is 32.0 Å². The SMILES string of the molecule is CC(C)(C)OC(=O)N1CCC(NCC2CC2(C)C)C1. The van der Waals surface area contributed by atoms with Gasteiger partial charge in [0.15, 0.2) is 0 Å². The second kappa shape index (κ2) is 4.97. The van der Waals surface area contributed by atoms with E-state index in [9.17, 15) is 4.79 Å². The zero-order valence-electron chi connectivity index (χ0n) is 13.0. The highest BCUT2D eigenvalue weighted by atomic mass is 16.6. The van der Waals surface area contributed by atoms with Gasteiger partial charge in [0.25, 0.3) is 0 Å². The summed E-state index contributed by atoms with van der Waals surface area (Å²) in [5.74, 6) is 0.808. The van der Waals surface area contributed by atoms with Crippen LogP contribution in [0, 0.1) is 11.3 Å². The minimum Gasteiger partial charge on any atom is -0.444 e. The number of carbonyl (C=O) groups excluding carboxylic acids is 1. The van der Waals surface area contributed by atoms with Crippen LogP contribution >= 0.6 is 0 Å². The minimum absolute atomic E-state index is 0.177. The maximum absolute atomic E-state index is 11.9. The van der Waals surface area contributed by atoms with Crippen molar-refractivity contribution in [2.24, 2.45) is 11.3 Å². The van der Waals surface area contributed by atoms with Crippen molar-refractivity contribution in [3.63, 3.8) is 0 Å². The van der Waals surface area contributed by atoms with Gasteiger partial charge in [0.1, 0.15) is 5.60 Å². The van der Waals surface area contributed by atoms with Crippen LogP contribution in [-0.2, 0) is 4.74 Å². The van der Waals surface area contributed by atoms with Crippen molar-refractivity contribution in [3.05, 3.63) is 0 Å². The molecule has 0 bridgehead atoms. The predicted octanol–water partition coefficient (Wildman–Crippen LogP) is 2.63. The average Bonchev–Trinajstić information content (AvgIpc) is 2.71. The Hall–Kier alpha value is -0.770. The van der Waals surface area contributed by atoms with Crippen molar-refractivity contribution in [2.75, 3.05) is 19.6 Å². The van der Waals surface area contributed by atoms with Crippen LogP contribution in [-0.4, -0.2) is 42.3 Å². The maximum Gasteiger partial charge on any atom is 0.410 e. The first-order chi connectivity index (χ1) is 8.67. The normalized spacial score (nSPS) is 29.4. The smallest absolute Gasteiger partial charge is 0.410 e. The summed E-state index contributed by atoms with van der Waals surface area (Å²) in [4.78, 5) is 13.8. The molecule has 1 aliphatic heterocycles. The van der Waals surface area contributed by atoms with Crippen LogP contribution in [0.4, 0.5) is 4.79 Å². The lowest BCUT2D eigenvalue weighted by Gasteiger charge is -2.24. The van der Waals surface area contributed by atoms with E-state index in [-0.39, 0.29) is 6.09 Å².